The Balaban J connectivity index is 2.12. The number of aryl methyl sites for hydroxylation is 2. The standard InChI is InChI=1S/C16H16N4/c1-3-12-8-10-13(11-9-12)14-6-4-5-7-15(14)16-17-18-19-20(16)2/h4-11H,3H2,1-2H3. The molecule has 4 nitrogen and oxygen atoms in total. The summed E-state index contributed by atoms with van der Waals surface area (Å²) in [5, 5.41) is 11.7. The van der Waals surface area contributed by atoms with E-state index < -0.39 is 0 Å². The lowest BCUT2D eigenvalue weighted by atomic mass is 9.98. The van der Waals surface area contributed by atoms with Gasteiger partial charge in [0.2, 0.25) is 0 Å². The highest BCUT2D eigenvalue weighted by Crippen LogP contribution is 2.30. The van der Waals surface area contributed by atoms with Gasteiger partial charge in [-0.1, -0.05) is 55.5 Å². The van der Waals surface area contributed by atoms with E-state index in [4.69, 9.17) is 0 Å². The Bertz CT molecular complexity index is 713. The van der Waals surface area contributed by atoms with Crippen molar-refractivity contribution >= 4 is 0 Å². The molecular weight excluding hydrogens is 248 g/mol. The Kier molecular flexibility index (Phi) is 3.29. The highest BCUT2D eigenvalue weighted by Gasteiger charge is 2.11. The molecule has 20 heavy (non-hydrogen) atoms. The Hall–Kier alpha value is -2.49. The fourth-order valence-electron chi connectivity index (χ4n) is 2.31. The van der Waals surface area contributed by atoms with Gasteiger partial charge in [0.1, 0.15) is 0 Å². The summed E-state index contributed by atoms with van der Waals surface area (Å²) < 4.78 is 1.69. The van der Waals surface area contributed by atoms with Gasteiger partial charge >= 0.3 is 0 Å². The number of benzene rings is 2. The molecule has 0 bridgehead atoms. The van der Waals surface area contributed by atoms with Gasteiger partial charge in [0.05, 0.1) is 0 Å². The van der Waals surface area contributed by atoms with Crippen molar-refractivity contribution in [1.82, 2.24) is 20.2 Å². The normalized spacial score (nSPS) is 10.7. The second-order valence-corrected chi connectivity index (χ2v) is 4.72. The van der Waals surface area contributed by atoms with Crippen LogP contribution in [0.3, 0.4) is 0 Å². The van der Waals surface area contributed by atoms with E-state index in [2.05, 4.69) is 58.8 Å². The quantitative estimate of drug-likeness (QED) is 0.730. The predicted octanol–water partition coefficient (Wildman–Crippen LogP) is 3.11. The fourth-order valence-corrected chi connectivity index (χ4v) is 2.31. The number of hydrogen-bond donors (Lipinski definition) is 0. The van der Waals surface area contributed by atoms with Crippen LogP contribution < -0.4 is 0 Å². The van der Waals surface area contributed by atoms with Gasteiger partial charge < -0.3 is 0 Å². The van der Waals surface area contributed by atoms with Crippen molar-refractivity contribution in [3.63, 3.8) is 0 Å². The maximum atomic E-state index is 4.11. The van der Waals surface area contributed by atoms with Crippen molar-refractivity contribution in [2.75, 3.05) is 0 Å². The van der Waals surface area contributed by atoms with Gasteiger partial charge in [-0.05, 0) is 33.5 Å². The topological polar surface area (TPSA) is 43.6 Å². The summed E-state index contributed by atoms with van der Waals surface area (Å²) in [6, 6.07) is 16.8. The van der Waals surface area contributed by atoms with Crippen LogP contribution in [0.2, 0.25) is 0 Å². The molecule has 4 heteroatoms. The van der Waals surface area contributed by atoms with Crippen LogP contribution in [0.4, 0.5) is 0 Å². The third kappa shape index (κ3) is 2.20. The molecule has 0 saturated heterocycles. The molecule has 0 aliphatic rings. The lowest BCUT2D eigenvalue weighted by Gasteiger charge is -2.09. The van der Waals surface area contributed by atoms with Gasteiger partial charge in [0.25, 0.3) is 0 Å². The van der Waals surface area contributed by atoms with Gasteiger partial charge in [0, 0.05) is 12.6 Å². The number of hydrogen-bond acceptors (Lipinski definition) is 3. The maximum Gasteiger partial charge on any atom is 0.182 e. The van der Waals surface area contributed by atoms with Crippen LogP contribution in [0.5, 0.6) is 0 Å². The van der Waals surface area contributed by atoms with Crippen LogP contribution in [-0.4, -0.2) is 20.2 Å². The van der Waals surface area contributed by atoms with Crippen LogP contribution >= 0.6 is 0 Å². The first-order valence-electron chi connectivity index (χ1n) is 6.70. The van der Waals surface area contributed by atoms with Gasteiger partial charge in [-0.25, -0.2) is 4.68 Å². The second kappa shape index (κ2) is 5.25. The second-order valence-electron chi connectivity index (χ2n) is 4.72. The SMILES string of the molecule is CCc1ccc(-c2ccccc2-c2nnnn2C)cc1. The summed E-state index contributed by atoms with van der Waals surface area (Å²) in [6.45, 7) is 2.16. The molecule has 100 valence electrons. The molecule has 1 heterocycles. The lowest BCUT2D eigenvalue weighted by Crippen LogP contribution is -1.96. The predicted molar refractivity (Wildman–Crippen MR) is 79.0 cm³/mol. The van der Waals surface area contributed by atoms with Crippen LogP contribution in [0, 0.1) is 0 Å². The molecule has 0 amide bonds. The highest BCUT2D eigenvalue weighted by molar-refractivity contribution is 5.80. The van der Waals surface area contributed by atoms with E-state index in [1.807, 2.05) is 19.2 Å². The number of rotatable bonds is 3. The molecule has 0 atom stereocenters. The minimum Gasteiger partial charge on any atom is -0.229 e. The molecule has 0 N–H and O–H groups in total. The zero-order valence-corrected chi connectivity index (χ0v) is 11.6. The van der Waals surface area contributed by atoms with Crippen LogP contribution in [0.15, 0.2) is 48.5 Å². The molecule has 0 radical (unpaired) electrons. The summed E-state index contributed by atoms with van der Waals surface area (Å²) in [5.74, 6) is 0.778. The summed E-state index contributed by atoms with van der Waals surface area (Å²) >= 11 is 0. The first kappa shape index (κ1) is 12.5. The summed E-state index contributed by atoms with van der Waals surface area (Å²) in [4.78, 5) is 0. The first-order chi connectivity index (χ1) is 9.79. The molecule has 0 aliphatic carbocycles. The summed E-state index contributed by atoms with van der Waals surface area (Å²) in [7, 11) is 1.85. The molecule has 0 fully saturated rings. The van der Waals surface area contributed by atoms with Crippen LogP contribution in [0.1, 0.15) is 12.5 Å². The van der Waals surface area contributed by atoms with E-state index in [1.165, 1.54) is 11.1 Å². The van der Waals surface area contributed by atoms with Crippen molar-refractivity contribution in [1.29, 1.82) is 0 Å². The van der Waals surface area contributed by atoms with Crippen molar-refractivity contribution in [2.24, 2.45) is 7.05 Å². The Labute approximate surface area is 118 Å². The molecular formula is C16H16N4. The Morgan fingerprint density at radius 3 is 2.25 bits per heavy atom. The fraction of sp³-hybridized carbons (Fsp3) is 0.188. The van der Waals surface area contributed by atoms with Crippen molar-refractivity contribution in [3.8, 4) is 22.5 Å². The molecule has 0 unspecified atom stereocenters. The van der Waals surface area contributed by atoms with E-state index in [0.29, 0.717) is 0 Å². The van der Waals surface area contributed by atoms with E-state index >= 15 is 0 Å². The minimum atomic E-state index is 0.778. The van der Waals surface area contributed by atoms with Crippen LogP contribution in [-0.2, 0) is 13.5 Å². The third-order valence-electron chi connectivity index (χ3n) is 3.46. The average molecular weight is 264 g/mol. The third-order valence-corrected chi connectivity index (χ3v) is 3.46. The van der Waals surface area contributed by atoms with Gasteiger partial charge in [0.15, 0.2) is 5.82 Å². The Morgan fingerprint density at radius 1 is 0.950 bits per heavy atom. The van der Waals surface area contributed by atoms with Crippen molar-refractivity contribution in [3.05, 3.63) is 54.1 Å². The zero-order valence-electron chi connectivity index (χ0n) is 11.6. The molecule has 3 rings (SSSR count). The molecule has 3 aromatic rings. The van der Waals surface area contributed by atoms with E-state index in [0.717, 1.165) is 23.4 Å². The Morgan fingerprint density at radius 2 is 1.65 bits per heavy atom. The molecule has 1 aromatic heterocycles. The van der Waals surface area contributed by atoms with E-state index in [9.17, 15) is 0 Å². The zero-order chi connectivity index (χ0) is 13.9. The van der Waals surface area contributed by atoms with Gasteiger partial charge in [-0.3, -0.25) is 0 Å². The minimum absolute atomic E-state index is 0.778. The van der Waals surface area contributed by atoms with E-state index in [1.54, 1.807) is 4.68 Å². The largest absolute Gasteiger partial charge is 0.229 e. The maximum absolute atomic E-state index is 4.11. The molecule has 0 saturated carbocycles. The van der Waals surface area contributed by atoms with Crippen LogP contribution in [0.25, 0.3) is 22.5 Å². The molecule has 2 aromatic carbocycles. The smallest absolute Gasteiger partial charge is 0.182 e. The summed E-state index contributed by atoms with van der Waals surface area (Å²) in [6.07, 6.45) is 1.05. The average Bonchev–Trinajstić information content (AvgIpc) is 2.93. The van der Waals surface area contributed by atoms with Crippen molar-refractivity contribution < 1.29 is 0 Å². The number of nitrogens with zero attached hydrogens (tertiary/aromatic N) is 4. The van der Waals surface area contributed by atoms with Crippen molar-refractivity contribution in [2.45, 2.75) is 13.3 Å². The van der Waals surface area contributed by atoms with Gasteiger partial charge in [-0.2, -0.15) is 0 Å². The van der Waals surface area contributed by atoms with Gasteiger partial charge in [-0.15, -0.1) is 5.10 Å². The molecule has 0 aliphatic heterocycles. The number of aromatic nitrogens is 4. The highest BCUT2D eigenvalue weighted by atomic mass is 15.5. The monoisotopic (exact) mass is 264 g/mol. The molecule has 0 spiro atoms. The first-order valence-corrected chi connectivity index (χ1v) is 6.70. The van der Waals surface area contributed by atoms with E-state index in [-0.39, 0.29) is 0 Å². The lowest BCUT2D eigenvalue weighted by molar-refractivity contribution is 0.715. The number of tetrazole rings is 1. The summed E-state index contributed by atoms with van der Waals surface area (Å²) in [5.41, 5.74) is 4.71.